The second kappa shape index (κ2) is 8.48. The minimum absolute atomic E-state index is 0.0998. The number of benzene rings is 2. The van der Waals surface area contributed by atoms with Gasteiger partial charge in [-0.2, -0.15) is 18.2 Å². The maximum atomic E-state index is 13.3. The molecule has 0 aliphatic heterocycles. The van der Waals surface area contributed by atoms with Gasteiger partial charge in [0.2, 0.25) is 5.88 Å². The van der Waals surface area contributed by atoms with E-state index in [2.05, 4.69) is 15.3 Å². The second-order valence-electron chi connectivity index (χ2n) is 6.55. The average molecular weight is 419 g/mol. The van der Waals surface area contributed by atoms with Gasteiger partial charge < -0.3 is 10.1 Å². The molecular weight excluding hydrogens is 402 g/mol. The fourth-order valence-corrected chi connectivity index (χ4v) is 2.61. The number of nitrogens with one attached hydrogen (secondary N) is 1. The number of hydrogen-bond donors (Lipinski definition) is 1. The van der Waals surface area contributed by atoms with Crippen molar-refractivity contribution in [2.75, 3.05) is 11.9 Å². The Kier molecular flexibility index (Phi) is 6.00. The Bertz CT molecular complexity index is 1070. The number of rotatable bonds is 5. The zero-order valence-corrected chi connectivity index (χ0v) is 16.0. The van der Waals surface area contributed by atoms with Crippen LogP contribution in [0, 0.1) is 19.7 Å². The van der Waals surface area contributed by atoms with Crippen molar-refractivity contribution in [2.45, 2.75) is 20.0 Å². The van der Waals surface area contributed by atoms with E-state index in [0.29, 0.717) is 22.5 Å². The highest BCUT2D eigenvalue weighted by atomic mass is 19.4. The maximum Gasteiger partial charge on any atom is 0.416 e. The smallest absolute Gasteiger partial charge is 0.416 e. The number of hydrogen-bond acceptors (Lipinski definition) is 4. The lowest BCUT2D eigenvalue weighted by atomic mass is 10.1. The highest BCUT2D eigenvalue weighted by molar-refractivity contribution is 5.91. The Hall–Kier alpha value is -3.49. The normalized spacial score (nSPS) is 11.3. The quantitative estimate of drug-likeness (QED) is 0.596. The number of halogens is 4. The van der Waals surface area contributed by atoms with Crippen molar-refractivity contribution in [1.82, 2.24) is 9.97 Å². The third-order valence-electron chi connectivity index (χ3n) is 4.09. The summed E-state index contributed by atoms with van der Waals surface area (Å²) in [6.07, 6.45) is -4.43. The summed E-state index contributed by atoms with van der Waals surface area (Å²) < 4.78 is 56.8. The molecular formula is C21H17F4N3O2. The van der Waals surface area contributed by atoms with Gasteiger partial charge >= 0.3 is 6.18 Å². The van der Waals surface area contributed by atoms with Crippen molar-refractivity contribution in [3.63, 3.8) is 0 Å². The Morgan fingerprint density at radius 3 is 2.37 bits per heavy atom. The van der Waals surface area contributed by atoms with Crippen LogP contribution in [0.4, 0.5) is 23.2 Å². The molecule has 0 aliphatic rings. The van der Waals surface area contributed by atoms with Crippen LogP contribution >= 0.6 is 0 Å². The molecule has 1 aromatic heterocycles. The molecule has 2 aromatic carbocycles. The van der Waals surface area contributed by atoms with Gasteiger partial charge in [-0.3, -0.25) is 4.79 Å². The first-order valence-corrected chi connectivity index (χ1v) is 8.84. The predicted molar refractivity (Wildman–Crippen MR) is 102 cm³/mol. The van der Waals surface area contributed by atoms with E-state index in [1.165, 1.54) is 36.4 Å². The first kappa shape index (κ1) is 21.2. The van der Waals surface area contributed by atoms with Crippen LogP contribution in [-0.2, 0) is 11.0 Å². The van der Waals surface area contributed by atoms with Gasteiger partial charge in [0, 0.05) is 23.0 Å². The third kappa shape index (κ3) is 5.31. The number of carbonyl (C=O) groups excluding carboxylic acids is 1. The molecule has 0 unspecified atom stereocenters. The van der Waals surface area contributed by atoms with E-state index in [9.17, 15) is 22.4 Å². The monoisotopic (exact) mass is 419 g/mol. The van der Waals surface area contributed by atoms with E-state index in [-0.39, 0.29) is 24.1 Å². The molecule has 0 fully saturated rings. The topological polar surface area (TPSA) is 64.1 Å². The summed E-state index contributed by atoms with van der Waals surface area (Å²) in [4.78, 5) is 20.4. The van der Waals surface area contributed by atoms with E-state index in [1.54, 1.807) is 13.8 Å². The lowest BCUT2D eigenvalue weighted by Gasteiger charge is -2.10. The van der Waals surface area contributed by atoms with E-state index in [4.69, 9.17) is 4.74 Å². The van der Waals surface area contributed by atoms with Gasteiger partial charge in [-0.15, -0.1) is 0 Å². The van der Waals surface area contributed by atoms with Crippen LogP contribution in [0.3, 0.4) is 0 Å². The van der Waals surface area contributed by atoms with Crippen molar-refractivity contribution in [3.8, 4) is 17.3 Å². The zero-order valence-electron chi connectivity index (χ0n) is 16.0. The molecule has 30 heavy (non-hydrogen) atoms. The highest BCUT2D eigenvalue weighted by Gasteiger charge is 2.30. The lowest BCUT2D eigenvalue weighted by molar-refractivity contribution is -0.137. The Balaban J connectivity index is 1.69. The molecule has 3 rings (SSSR count). The van der Waals surface area contributed by atoms with Crippen molar-refractivity contribution < 1.29 is 27.1 Å². The van der Waals surface area contributed by atoms with Crippen LogP contribution in [0.25, 0.3) is 11.4 Å². The summed E-state index contributed by atoms with van der Waals surface area (Å²) in [5, 5.41) is 2.58. The summed E-state index contributed by atoms with van der Waals surface area (Å²) in [7, 11) is 0. The van der Waals surface area contributed by atoms with Gasteiger partial charge in [0.15, 0.2) is 12.4 Å². The summed E-state index contributed by atoms with van der Waals surface area (Å²) in [6, 6.07) is 10.1. The van der Waals surface area contributed by atoms with Gasteiger partial charge in [-0.05, 0) is 49.7 Å². The standard InChI is InChI=1S/C21H17F4N3O2/c1-12-9-16(7-8-17(12)22)27-18(29)11-30-19-10-13(2)26-20(28-19)14-3-5-15(6-4-14)21(23,24)25/h3-10H,11H2,1-2H3,(H,27,29). The molecule has 156 valence electrons. The molecule has 9 heteroatoms. The Morgan fingerprint density at radius 1 is 1.03 bits per heavy atom. The summed E-state index contributed by atoms with van der Waals surface area (Å²) >= 11 is 0. The number of amides is 1. The largest absolute Gasteiger partial charge is 0.467 e. The van der Waals surface area contributed by atoms with Crippen LogP contribution in [0.1, 0.15) is 16.8 Å². The fraction of sp³-hybridized carbons (Fsp3) is 0.190. The number of anilines is 1. The minimum atomic E-state index is -4.43. The second-order valence-corrected chi connectivity index (χ2v) is 6.55. The molecule has 0 atom stereocenters. The van der Waals surface area contributed by atoms with Gasteiger partial charge in [0.1, 0.15) is 5.82 Å². The van der Waals surface area contributed by atoms with Gasteiger partial charge in [-0.25, -0.2) is 9.37 Å². The summed E-state index contributed by atoms with van der Waals surface area (Å²) in [5.41, 5.74) is 0.934. The zero-order chi connectivity index (χ0) is 21.9. The molecule has 1 amide bonds. The van der Waals surface area contributed by atoms with Gasteiger partial charge in [-0.1, -0.05) is 12.1 Å². The maximum absolute atomic E-state index is 13.3. The van der Waals surface area contributed by atoms with Crippen LogP contribution in [-0.4, -0.2) is 22.5 Å². The van der Waals surface area contributed by atoms with Crippen molar-refractivity contribution >= 4 is 11.6 Å². The highest BCUT2D eigenvalue weighted by Crippen LogP contribution is 2.30. The van der Waals surface area contributed by atoms with Crippen LogP contribution < -0.4 is 10.1 Å². The molecule has 3 aromatic rings. The fourth-order valence-electron chi connectivity index (χ4n) is 2.61. The predicted octanol–water partition coefficient (Wildman–Crippen LogP) is 4.94. The van der Waals surface area contributed by atoms with Crippen LogP contribution in [0.5, 0.6) is 5.88 Å². The number of ether oxygens (including phenoxy) is 1. The first-order valence-electron chi connectivity index (χ1n) is 8.84. The molecule has 1 N–H and O–H groups in total. The van der Waals surface area contributed by atoms with Crippen LogP contribution in [0.2, 0.25) is 0 Å². The number of aromatic nitrogens is 2. The van der Waals surface area contributed by atoms with Crippen molar-refractivity contribution in [1.29, 1.82) is 0 Å². The molecule has 0 aliphatic carbocycles. The Morgan fingerprint density at radius 2 is 1.73 bits per heavy atom. The summed E-state index contributed by atoms with van der Waals surface area (Å²) in [6.45, 7) is 2.89. The van der Waals surface area contributed by atoms with Crippen LogP contribution in [0.15, 0.2) is 48.5 Å². The molecule has 0 spiro atoms. The van der Waals surface area contributed by atoms with Crippen molar-refractivity contribution in [2.24, 2.45) is 0 Å². The number of nitrogens with zero attached hydrogens (tertiary/aromatic N) is 2. The molecule has 0 radical (unpaired) electrons. The van der Waals surface area contributed by atoms with Gasteiger partial charge in [0.25, 0.3) is 5.91 Å². The SMILES string of the molecule is Cc1cc(OCC(=O)Nc2ccc(F)c(C)c2)nc(-c2ccc(C(F)(F)F)cc2)n1. The Labute approximate surface area is 169 Å². The molecule has 0 saturated heterocycles. The average Bonchev–Trinajstić information content (AvgIpc) is 2.68. The van der Waals surface area contributed by atoms with Gasteiger partial charge in [0.05, 0.1) is 5.56 Å². The summed E-state index contributed by atoms with van der Waals surface area (Å²) in [5.74, 6) is -0.582. The van der Waals surface area contributed by atoms with E-state index in [0.717, 1.165) is 12.1 Å². The lowest BCUT2D eigenvalue weighted by Crippen LogP contribution is -2.20. The number of alkyl halides is 3. The van der Waals surface area contributed by atoms with E-state index in [1.807, 2.05) is 0 Å². The molecule has 5 nitrogen and oxygen atoms in total. The molecule has 1 heterocycles. The number of aryl methyl sites for hydroxylation is 2. The third-order valence-corrected chi connectivity index (χ3v) is 4.09. The first-order chi connectivity index (χ1) is 14.1. The number of carbonyl (C=O) groups is 1. The molecule has 0 bridgehead atoms. The molecule has 0 saturated carbocycles. The van der Waals surface area contributed by atoms with E-state index >= 15 is 0 Å². The van der Waals surface area contributed by atoms with Crippen molar-refractivity contribution in [3.05, 3.63) is 71.2 Å². The van der Waals surface area contributed by atoms with E-state index < -0.39 is 17.6 Å². The minimum Gasteiger partial charge on any atom is -0.467 e.